The molecule has 0 aliphatic rings. The summed E-state index contributed by atoms with van der Waals surface area (Å²) in [6.45, 7) is 4.00. The van der Waals surface area contributed by atoms with E-state index in [1.807, 2.05) is 0 Å². The maximum Gasteiger partial charge on any atom is 3.00 e. The van der Waals surface area contributed by atoms with Gasteiger partial charge in [-0.3, -0.25) is 12.5 Å². The number of rotatable bonds is 6. The Morgan fingerprint density at radius 2 is 0.739 bits per heavy atom. The van der Waals surface area contributed by atoms with Gasteiger partial charge in [-0.25, -0.2) is 25.3 Å². The first-order valence-electron chi connectivity index (χ1n) is 4.99. The van der Waals surface area contributed by atoms with Crippen molar-refractivity contribution in [2.75, 3.05) is 19.8 Å². The predicted octanol–water partition coefficient (Wildman–Crippen LogP) is -2.38. The zero-order chi connectivity index (χ0) is 17.7. The summed E-state index contributed by atoms with van der Waals surface area (Å²) in [4.78, 5) is 0. The molecule has 0 saturated heterocycles. The molecule has 0 heterocycles. The van der Waals surface area contributed by atoms with Gasteiger partial charge in [0.2, 0.25) is 31.2 Å². The molecule has 0 amide bonds. The molecule has 0 aromatic rings. The van der Waals surface area contributed by atoms with Crippen LogP contribution in [0.2, 0.25) is 0 Å². The van der Waals surface area contributed by atoms with Crippen molar-refractivity contribution in [3.63, 3.8) is 0 Å². The maximum atomic E-state index is 9.45. The molecule has 13 nitrogen and oxygen atoms in total. The molecule has 0 aromatic carbocycles. The van der Waals surface area contributed by atoms with Crippen molar-refractivity contribution in [3.05, 3.63) is 0 Å². The quantitative estimate of drug-likeness (QED) is 0.255. The van der Waals surface area contributed by atoms with Gasteiger partial charge in [-0.2, -0.15) is 0 Å². The van der Waals surface area contributed by atoms with E-state index in [9.17, 15) is 38.9 Å². The fourth-order valence-electron chi connectivity index (χ4n) is 0.433. The second kappa shape index (κ2) is 17.7. The van der Waals surface area contributed by atoms with Gasteiger partial charge in [0.25, 0.3) is 0 Å². The molecule has 0 bridgehead atoms. The topological polar surface area (TPSA) is 231 Å². The zero-order valence-corrected chi connectivity index (χ0v) is 17.9. The van der Waals surface area contributed by atoms with Crippen LogP contribution in [0.15, 0.2) is 0 Å². The predicted molar refractivity (Wildman–Crippen MR) is 67.6 cm³/mol. The first-order chi connectivity index (χ1) is 9.18. The van der Waals surface area contributed by atoms with Gasteiger partial charge in [0.15, 0.2) is 0 Å². The fraction of sp³-hybridized carbons (Fsp3) is 1.00. The van der Waals surface area contributed by atoms with E-state index >= 15 is 0 Å². The van der Waals surface area contributed by atoms with Gasteiger partial charge >= 0.3 is 40.8 Å². The molecule has 0 saturated carbocycles. The summed E-state index contributed by atoms with van der Waals surface area (Å²) in [5.41, 5.74) is 0. The van der Waals surface area contributed by atoms with E-state index in [1.54, 1.807) is 0 Å². The SMILES string of the molecule is CCOS(=O)(=O)[O-].CCOS(=O)(=O)[O-].CCOS(=O)(=O)[O-].O.[Nd+3]. The van der Waals surface area contributed by atoms with Crippen LogP contribution in [-0.4, -0.2) is 64.2 Å². The molecule has 141 valence electrons. The maximum absolute atomic E-state index is 9.45. The minimum absolute atomic E-state index is 0. The molecule has 1 radical (unpaired) electrons. The Labute approximate surface area is 168 Å². The molecule has 23 heavy (non-hydrogen) atoms. The Balaban J connectivity index is -0.0000000675. The summed E-state index contributed by atoms with van der Waals surface area (Å²) >= 11 is 0. The molecule has 0 aromatic heterocycles. The number of hydrogen-bond donors (Lipinski definition) is 0. The molecule has 2 N–H and O–H groups in total. The second-order valence-electron chi connectivity index (χ2n) is 2.44. The van der Waals surface area contributed by atoms with Crippen LogP contribution in [0.1, 0.15) is 20.8 Å². The van der Waals surface area contributed by atoms with Crippen LogP contribution in [0.4, 0.5) is 0 Å². The van der Waals surface area contributed by atoms with Gasteiger partial charge in [-0.05, 0) is 20.8 Å². The van der Waals surface area contributed by atoms with Gasteiger partial charge < -0.3 is 19.1 Å². The van der Waals surface area contributed by atoms with E-state index in [2.05, 4.69) is 12.5 Å². The summed E-state index contributed by atoms with van der Waals surface area (Å²) in [7, 11) is -13.3. The van der Waals surface area contributed by atoms with Gasteiger partial charge in [-0.15, -0.1) is 0 Å². The van der Waals surface area contributed by atoms with E-state index in [-0.39, 0.29) is 66.1 Å². The van der Waals surface area contributed by atoms with Crippen molar-refractivity contribution in [3.8, 4) is 0 Å². The van der Waals surface area contributed by atoms with Crippen LogP contribution >= 0.6 is 0 Å². The van der Waals surface area contributed by atoms with Gasteiger partial charge in [0.1, 0.15) is 0 Å². The Morgan fingerprint density at radius 3 is 0.739 bits per heavy atom. The van der Waals surface area contributed by atoms with Crippen LogP contribution in [0, 0.1) is 40.8 Å². The standard InChI is InChI=1S/3C2H6O4S.Nd.H2O/c3*1-2-6-7(3,4)5;;/h3*2H2,1H3,(H,3,4,5);;1H2/q;;;+3;/p-3. The van der Waals surface area contributed by atoms with E-state index in [4.69, 9.17) is 0 Å². The Kier molecular flexibility index (Phi) is 27.1. The molecule has 0 fully saturated rings. The summed E-state index contributed by atoms with van der Waals surface area (Å²) in [6, 6.07) is 0. The van der Waals surface area contributed by atoms with Crippen LogP contribution in [-0.2, 0) is 43.7 Å². The first-order valence-corrected chi connectivity index (χ1v) is 8.99. The Bertz CT molecular complexity index is 455. The molecular weight excluding hydrogens is 520 g/mol. The van der Waals surface area contributed by atoms with E-state index < -0.39 is 31.2 Å². The third kappa shape index (κ3) is 60.1. The number of hydrogen-bond acceptors (Lipinski definition) is 12. The normalized spacial score (nSPS) is 10.7. The van der Waals surface area contributed by atoms with Crippen molar-refractivity contribution < 1.29 is 97.8 Å². The largest absolute Gasteiger partial charge is 3.00 e. The van der Waals surface area contributed by atoms with Gasteiger partial charge in [0.05, 0.1) is 19.8 Å². The van der Waals surface area contributed by atoms with E-state index in [1.165, 1.54) is 20.8 Å². The Hall–Kier alpha value is 0.921. The van der Waals surface area contributed by atoms with Crippen molar-refractivity contribution in [1.82, 2.24) is 0 Å². The zero-order valence-electron chi connectivity index (χ0n) is 12.2. The molecule has 0 rings (SSSR count). The summed E-state index contributed by atoms with van der Waals surface area (Å²) < 4.78 is 96.0. The van der Waals surface area contributed by atoms with E-state index in [0.717, 1.165) is 0 Å². The van der Waals surface area contributed by atoms with Crippen LogP contribution < -0.4 is 0 Å². The molecule has 0 aliphatic heterocycles. The van der Waals surface area contributed by atoms with Crippen LogP contribution in [0.25, 0.3) is 0 Å². The fourth-order valence-corrected chi connectivity index (χ4v) is 1.30. The average molecular weight is 538 g/mol. The monoisotopic (exact) mass is 535 g/mol. The van der Waals surface area contributed by atoms with Crippen molar-refractivity contribution in [1.29, 1.82) is 0 Å². The minimum atomic E-state index is -4.42. The van der Waals surface area contributed by atoms with Crippen LogP contribution in [0.5, 0.6) is 0 Å². The van der Waals surface area contributed by atoms with Crippen LogP contribution in [0.3, 0.4) is 0 Å². The second-order valence-corrected chi connectivity index (χ2v) is 5.60. The van der Waals surface area contributed by atoms with Crippen molar-refractivity contribution >= 4 is 31.2 Å². The summed E-state index contributed by atoms with van der Waals surface area (Å²) in [6.07, 6.45) is 0. The third-order valence-corrected chi connectivity index (χ3v) is 2.36. The molecule has 0 spiro atoms. The van der Waals surface area contributed by atoms with Gasteiger partial charge in [0, 0.05) is 0 Å². The summed E-state index contributed by atoms with van der Waals surface area (Å²) in [5, 5.41) is 0. The van der Waals surface area contributed by atoms with Crippen molar-refractivity contribution in [2.45, 2.75) is 20.8 Å². The molecule has 0 aliphatic carbocycles. The van der Waals surface area contributed by atoms with Crippen molar-refractivity contribution in [2.24, 2.45) is 0 Å². The molecule has 0 unspecified atom stereocenters. The first kappa shape index (κ1) is 35.1. The van der Waals surface area contributed by atoms with Gasteiger partial charge in [-0.1, -0.05) is 0 Å². The third-order valence-electron chi connectivity index (χ3n) is 0.787. The van der Waals surface area contributed by atoms with E-state index in [0.29, 0.717) is 0 Å². The minimum Gasteiger partial charge on any atom is -0.726 e. The smallest absolute Gasteiger partial charge is 0.726 e. The molecular formula is C6H17NdO13S3. The Morgan fingerprint density at radius 1 is 0.609 bits per heavy atom. The molecule has 0 atom stereocenters. The summed E-state index contributed by atoms with van der Waals surface area (Å²) in [5.74, 6) is 0. The average Bonchev–Trinajstić information content (AvgIpc) is 2.12. The molecule has 17 heteroatoms.